The highest BCUT2D eigenvalue weighted by Crippen LogP contribution is 2.43. The number of piperidine rings is 3. The van der Waals surface area contributed by atoms with E-state index >= 15 is 0 Å². The normalized spacial score (nSPS) is 40.0. The number of hydrogen-bond donors (Lipinski definition) is 0. The van der Waals surface area contributed by atoms with Crippen molar-refractivity contribution in [2.75, 3.05) is 19.6 Å². The van der Waals surface area contributed by atoms with Gasteiger partial charge in [-0.2, -0.15) is 0 Å². The van der Waals surface area contributed by atoms with Crippen LogP contribution in [0.2, 0.25) is 0 Å². The lowest BCUT2D eigenvalue weighted by Gasteiger charge is -2.53. The zero-order valence-corrected chi connectivity index (χ0v) is 11.0. The Morgan fingerprint density at radius 3 is 3.06 bits per heavy atom. The van der Waals surface area contributed by atoms with E-state index in [1.807, 2.05) is 0 Å². The molecule has 4 aliphatic heterocycles. The fraction of sp³-hybridized carbons (Fsp3) is 0.800. The van der Waals surface area contributed by atoms with Gasteiger partial charge in [-0.3, -0.25) is 9.69 Å². The third kappa shape index (κ3) is 1.49. The Bertz CT molecular complexity index is 403. The first-order valence-electron chi connectivity index (χ1n) is 7.60. The highest BCUT2D eigenvalue weighted by molar-refractivity contribution is 5.83. The number of rotatable bonds is 0. The van der Waals surface area contributed by atoms with Crippen molar-refractivity contribution in [3.8, 4) is 0 Å². The van der Waals surface area contributed by atoms with Crippen LogP contribution in [0.1, 0.15) is 38.5 Å². The predicted molar refractivity (Wildman–Crippen MR) is 69.8 cm³/mol. The van der Waals surface area contributed by atoms with Crippen LogP contribution in [-0.4, -0.2) is 41.4 Å². The van der Waals surface area contributed by atoms with Gasteiger partial charge in [0.25, 0.3) is 0 Å². The van der Waals surface area contributed by atoms with Crippen molar-refractivity contribution in [1.82, 2.24) is 9.80 Å². The molecule has 18 heavy (non-hydrogen) atoms. The van der Waals surface area contributed by atoms with Crippen molar-refractivity contribution in [3.63, 3.8) is 0 Å². The van der Waals surface area contributed by atoms with Crippen LogP contribution in [0.15, 0.2) is 11.8 Å². The van der Waals surface area contributed by atoms with E-state index in [2.05, 4.69) is 15.9 Å². The van der Waals surface area contributed by atoms with Gasteiger partial charge in [-0.15, -0.1) is 0 Å². The van der Waals surface area contributed by atoms with Crippen LogP contribution in [0.3, 0.4) is 0 Å². The molecule has 3 saturated heterocycles. The van der Waals surface area contributed by atoms with Crippen molar-refractivity contribution < 1.29 is 4.79 Å². The molecule has 0 radical (unpaired) electrons. The summed E-state index contributed by atoms with van der Waals surface area (Å²) in [7, 11) is 0. The van der Waals surface area contributed by atoms with E-state index in [0.29, 0.717) is 23.8 Å². The third-order valence-electron chi connectivity index (χ3n) is 5.37. The zero-order chi connectivity index (χ0) is 12.1. The topological polar surface area (TPSA) is 23.6 Å². The minimum absolute atomic E-state index is 0.305. The van der Waals surface area contributed by atoms with Crippen LogP contribution in [0.5, 0.6) is 0 Å². The number of amides is 1. The van der Waals surface area contributed by atoms with E-state index in [4.69, 9.17) is 0 Å². The number of nitrogens with zero attached hydrogens (tertiary/aromatic N) is 2. The molecule has 0 aromatic rings. The molecule has 4 rings (SSSR count). The number of hydrogen-bond acceptors (Lipinski definition) is 2. The van der Waals surface area contributed by atoms with Gasteiger partial charge in [-0.25, -0.2) is 0 Å². The molecule has 1 amide bonds. The molecule has 1 unspecified atom stereocenters. The van der Waals surface area contributed by atoms with Crippen molar-refractivity contribution in [2.24, 2.45) is 11.8 Å². The fourth-order valence-corrected chi connectivity index (χ4v) is 4.56. The monoisotopic (exact) mass is 246 g/mol. The standard InChI is InChI=1S/C15H22N2O/c18-15-12-9-11(13-5-2-4-8-17(13)15)10-16-7-3-1-6-14(12)16/h5,11-12,14H,1-4,6-10H2/t11-,12-,14?/m0/s1. The maximum atomic E-state index is 12.7. The molecule has 3 fully saturated rings. The number of allylic oxidation sites excluding steroid dienone is 1. The van der Waals surface area contributed by atoms with Gasteiger partial charge in [0.1, 0.15) is 0 Å². The number of carbonyl (C=O) groups is 1. The highest BCUT2D eigenvalue weighted by Gasteiger charge is 2.48. The van der Waals surface area contributed by atoms with Crippen LogP contribution < -0.4 is 0 Å². The molecule has 0 spiro atoms. The van der Waals surface area contributed by atoms with E-state index in [1.165, 1.54) is 44.5 Å². The summed E-state index contributed by atoms with van der Waals surface area (Å²) in [5.74, 6) is 1.38. The van der Waals surface area contributed by atoms with E-state index in [1.54, 1.807) is 0 Å². The molecule has 3 atom stereocenters. The Morgan fingerprint density at radius 1 is 1.17 bits per heavy atom. The summed E-state index contributed by atoms with van der Waals surface area (Å²) in [5.41, 5.74) is 1.37. The summed E-state index contributed by atoms with van der Waals surface area (Å²) in [6.45, 7) is 3.40. The summed E-state index contributed by atoms with van der Waals surface area (Å²) in [5, 5.41) is 0. The summed E-state index contributed by atoms with van der Waals surface area (Å²) in [6.07, 6.45) is 9.68. The lowest BCUT2D eigenvalue weighted by Crippen LogP contribution is -2.60. The summed E-state index contributed by atoms with van der Waals surface area (Å²) < 4.78 is 0. The van der Waals surface area contributed by atoms with Gasteiger partial charge >= 0.3 is 0 Å². The first kappa shape index (κ1) is 11.0. The molecular formula is C15H22N2O. The van der Waals surface area contributed by atoms with Crippen molar-refractivity contribution in [1.29, 1.82) is 0 Å². The quantitative estimate of drug-likeness (QED) is 0.652. The molecule has 98 valence electrons. The first-order valence-corrected chi connectivity index (χ1v) is 7.60. The van der Waals surface area contributed by atoms with Gasteiger partial charge in [0.2, 0.25) is 5.91 Å². The average Bonchev–Trinajstić information content (AvgIpc) is 2.44. The van der Waals surface area contributed by atoms with E-state index in [9.17, 15) is 4.79 Å². The van der Waals surface area contributed by atoms with Crippen LogP contribution >= 0.6 is 0 Å². The Hall–Kier alpha value is -0.830. The summed E-state index contributed by atoms with van der Waals surface area (Å²) in [6, 6.07) is 0.561. The number of carbonyl (C=O) groups excluding carboxylic acids is 1. The Balaban J connectivity index is 1.69. The van der Waals surface area contributed by atoms with Gasteiger partial charge in [0, 0.05) is 30.7 Å². The molecule has 2 bridgehead atoms. The zero-order valence-electron chi connectivity index (χ0n) is 11.0. The molecule has 4 aliphatic rings. The summed E-state index contributed by atoms with van der Waals surface area (Å²) in [4.78, 5) is 17.4. The lowest BCUT2D eigenvalue weighted by atomic mass is 9.73. The van der Waals surface area contributed by atoms with E-state index in [0.717, 1.165) is 19.4 Å². The van der Waals surface area contributed by atoms with E-state index < -0.39 is 0 Å². The average molecular weight is 246 g/mol. The van der Waals surface area contributed by atoms with Crippen LogP contribution in [0.4, 0.5) is 0 Å². The lowest BCUT2D eigenvalue weighted by molar-refractivity contribution is -0.145. The predicted octanol–water partition coefficient (Wildman–Crippen LogP) is 2.00. The second-order valence-electron chi connectivity index (χ2n) is 6.36. The van der Waals surface area contributed by atoms with Gasteiger partial charge in [0.05, 0.1) is 5.92 Å². The highest BCUT2D eigenvalue weighted by atomic mass is 16.2. The SMILES string of the molecule is O=C1[C@H]2C[C@@H](CN3CCCCC23)C2=CCCCN12. The van der Waals surface area contributed by atoms with Crippen LogP contribution in [0.25, 0.3) is 0 Å². The third-order valence-corrected chi connectivity index (χ3v) is 5.37. The second kappa shape index (κ2) is 4.09. The largest absolute Gasteiger partial charge is 0.316 e. The molecule has 0 aromatic heterocycles. The molecule has 0 aromatic carbocycles. The van der Waals surface area contributed by atoms with Gasteiger partial charge < -0.3 is 4.90 Å². The van der Waals surface area contributed by atoms with Gasteiger partial charge in [-0.05, 0) is 38.6 Å². The number of fused-ring (bicyclic) bond motifs is 6. The van der Waals surface area contributed by atoms with E-state index in [-0.39, 0.29) is 0 Å². The van der Waals surface area contributed by atoms with Gasteiger partial charge in [-0.1, -0.05) is 12.5 Å². The molecule has 4 heterocycles. The maximum absolute atomic E-state index is 12.7. The first-order chi connectivity index (χ1) is 8.84. The van der Waals surface area contributed by atoms with Gasteiger partial charge in [0.15, 0.2) is 0 Å². The molecule has 3 nitrogen and oxygen atoms in total. The van der Waals surface area contributed by atoms with Crippen molar-refractivity contribution in [3.05, 3.63) is 11.8 Å². The van der Waals surface area contributed by atoms with Crippen LogP contribution in [-0.2, 0) is 4.79 Å². The fourth-order valence-electron chi connectivity index (χ4n) is 4.56. The van der Waals surface area contributed by atoms with Crippen molar-refractivity contribution in [2.45, 2.75) is 44.6 Å². The minimum atomic E-state index is 0.305. The molecule has 0 saturated carbocycles. The smallest absolute Gasteiger partial charge is 0.231 e. The Morgan fingerprint density at radius 2 is 2.11 bits per heavy atom. The minimum Gasteiger partial charge on any atom is -0.316 e. The Kier molecular flexibility index (Phi) is 2.51. The maximum Gasteiger partial charge on any atom is 0.231 e. The molecular weight excluding hydrogens is 224 g/mol. The Labute approximate surface area is 109 Å². The molecule has 3 heteroatoms. The second-order valence-corrected chi connectivity index (χ2v) is 6.36. The molecule has 0 aliphatic carbocycles. The van der Waals surface area contributed by atoms with Crippen molar-refractivity contribution >= 4 is 5.91 Å². The van der Waals surface area contributed by atoms with Crippen LogP contribution in [0, 0.1) is 11.8 Å². The summed E-state index contributed by atoms with van der Waals surface area (Å²) >= 11 is 0. The molecule has 0 N–H and O–H groups in total.